The number of thiophene rings is 1. The Labute approximate surface area is 127 Å². The zero-order chi connectivity index (χ0) is 13.3. The second-order valence-corrected chi connectivity index (χ2v) is 8.20. The highest BCUT2D eigenvalue weighted by molar-refractivity contribution is 9.13. The van der Waals surface area contributed by atoms with E-state index in [0.717, 1.165) is 18.8 Å². The Morgan fingerprint density at radius 1 is 1.39 bits per heavy atom. The Hall–Kier alpha value is -0.170. The van der Waals surface area contributed by atoms with Crippen LogP contribution in [0.4, 0.5) is 0 Å². The molecule has 0 aliphatic rings. The van der Waals surface area contributed by atoms with Gasteiger partial charge in [0.05, 0.1) is 14.4 Å². The van der Waals surface area contributed by atoms with Crippen molar-refractivity contribution in [1.82, 2.24) is 10.3 Å². The molecule has 18 heavy (non-hydrogen) atoms. The molecular weight excluding hydrogens is 380 g/mol. The van der Waals surface area contributed by atoms with Gasteiger partial charge in [-0.2, -0.15) is 0 Å². The van der Waals surface area contributed by atoms with Crippen molar-refractivity contribution in [3.05, 3.63) is 26.3 Å². The molecule has 2 aromatic heterocycles. The molecule has 0 fully saturated rings. The summed E-state index contributed by atoms with van der Waals surface area (Å²) in [5, 5.41) is 3.38. The van der Waals surface area contributed by atoms with Crippen molar-refractivity contribution in [3.63, 3.8) is 0 Å². The molecule has 0 aliphatic carbocycles. The van der Waals surface area contributed by atoms with E-state index >= 15 is 0 Å². The summed E-state index contributed by atoms with van der Waals surface area (Å²) in [6, 6.07) is 2.00. The van der Waals surface area contributed by atoms with Crippen LogP contribution in [0.25, 0.3) is 10.8 Å². The SMILES string of the molecule is CC(C)(C)NCc1coc(-c2cc(Br)c(Br)s2)n1. The number of nitrogens with zero attached hydrogens (tertiary/aromatic N) is 1. The van der Waals surface area contributed by atoms with Gasteiger partial charge in [-0.3, -0.25) is 0 Å². The molecule has 0 bridgehead atoms. The summed E-state index contributed by atoms with van der Waals surface area (Å²) >= 11 is 8.52. The van der Waals surface area contributed by atoms with Gasteiger partial charge in [-0.1, -0.05) is 0 Å². The number of hydrogen-bond acceptors (Lipinski definition) is 4. The smallest absolute Gasteiger partial charge is 0.236 e. The summed E-state index contributed by atoms with van der Waals surface area (Å²) in [5.74, 6) is 0.664. The zero-order valence-electron chi connectivity index (χ0n) is 10.4. The van der Waals surface area contributed by atoms with Gasteiger partial charge in [0.15, 0.2) is 0 Å². The highest BCUT2D eigenvalue weighted by atomic mass is 79.9. The third-order valence-corrected chi connectivity index (χ3v) is 5.45. The molecule has 0 radical (unpaired) electrons. The van der Waals surface area contributed by atoms with Crippen LogP contribution < -0.4 is 5.32 Å². The molecule has 0 amide bonds. The van der Waals surface area contributed by atoms with Crippen LogP contribution in [-0.4, -0.2) is 10.5 Å². The standard InChI is InChI=1S/C12H14Br2N2OS/c1-12(2,3)15-5-7-6-17-11(16-7)9-4-8(13)10(14)18-9/h4,6,15H,5H2,1-3H3. The van der Waals surface area contributed by atoms with Gasteiger partial charge in [-0.25, -0.2) is 4.98 Å². The van der Waals surface area contributed by atoms with Crippen LogP contribution >= 0.6 is 43.2 Å². The van der Waals surface area contributed by atoms with Crippen LogP contribution in [0, 0.1) is 0 Å². The second kappa shape index (κ2) is 5.45. The fraction of sp³-hybridized carbons (Fsp3) is 0.417. The molecule has 6 heteroatoms. The van der Waals surface area contributed by atoms with E-state index in [1.54, 1.807) is 17.6 Å². The lowest BCUT2D eigenvalue weighted by Gasteiger charge is -2.19. The van der Waals surface area contributed by atoms with Crippen LogP contribution in [0.5, 0.6) is 0 Å². The summed E-state index contributed by atoms with van der Waals surface area (Å²) < 4.78 is 7.57. The van der Waals surface area contributed by atoms with Crippen LogP contribution in [0.3, 0.4) is 0 Å². The van der Waals surface area contributed by atoms with E-state index in [9.17, 15) is 0 Å². The van der Waals surface area contributed by atoms with E-state index in [4.69, 9.17) is 4.42 Å². The van der Waals surface area contributed by atoms with Crippen molar-refractivity contribution < 1.29 is 4.42 Å². The predicted octanol–water partition coefficient (Wildman–Crippen LogP) is 4.82. The Morgan fingerprint density at radius 3 is 2.67 bits per heavy atom. The van der Waals surface area contributed by atoms with Gasteiger partial charge in [0.25, 0.3) is 0 Å². The minimum absolute atomic E-state index is 0.0775. The van der Waals surface area contributed by atoms with Crippen LogP contribution in [-0.2, 0) is 6.54 Å². The lowest BCUT2D eigenvalue weighted by atomic mass is 10.1. The van der Waals surface area contributed by atoms with Crippen molar-refractivity contribution in [2.24, 2.45) is 0 Å². The first-order chi connectivity index (χ1) is 8.35. The predicted molar refractivity (Wildman–Crippen MR) is 81.8 cm³/mol. The number of nitrogens with one attached hydrogen (secondary N) is 1. The van der Waals surface area contributed by atoms with Crippen molar-refractivity contribution in [1.29, 1.82) is 0 Å². The van der Waals surface area contributed by atoms with E-state index < -0.39 is 0 Å². The van der Waals surface area contributed by atoms with Crippen molar-refractivity contribution >= 4 is 43.2 Å². The third kappa shape index (κ3) is 3.66. The average molecular weight is 394 g/mol. The monoisotopic (exact) mass is 392 g/mol. The minimum atomic E-state index is 0.0775. The highest BCUT2D eigenvalue weighted by Gasteiger charge is 2.14. The van der Waals surface area contributed by atoms with Gasteiger partial charge < -0.3 is 9.73 Å². The second-order valence-electron chi connectivity index (χ2n) is 4.98. The quantitative estimate of drug-likeness (QED) is 0.812. The topological polar surface area (TPSA) is 38.1 Å². The zero-order valence-corrected chi connectivity index (χ0v) is 14.4. The van der Waals surface area contributed by atoms with Gasteiger partial charge in [-0.15, -0.1) is 11.3 Å². The third-order valence-electron chi connectivity index (χ3n) is 2.21. The van der Waals surface area contributed by atoms with E-state index in [1.165, 1.54) is 0 Å². The van der Waals surface area contributed by atoms with E-state index in [-0.39, 0.29) is 5.54 Å². The fourth-order valence-corrected chi connectivity index (χ4v) is 3.28. The van der Waals surface area contributed by atoms with Crippen LogP contribution in [0.2, 0.25) is 0 Å². The first-order valence-corrected chi connectivity index (χ1v) is 7.90. The molecule has 1 N–H and O–H groups in total. The summed E-state index contributed by atoms with van der Waals surface area (Å²) in [6.07, 6.45) is 1.70. The molecule has 2 rings (SSSR count). The molecular formula is C12H14Br2N2OS. The van der Waals surface area contributed by atoms with Gasteiger partial charge >= 0.3 is 0 Å². The van der Waals surface area contributed by atoms with Gasteiger partial charge in [0.1, 0.15) is 6.26 Å². The first kappa shape index (κ1) is 14.2. The van der Waals surface area contributed by atoms with Gasteiger partial charge in [0.2, 0.25) is 5.89 Å². The molecule has 2 heterocycles. The van der Waals surface area contributed by atoms with E-state index in [0.29, 0.717) is 12.4 Å². The van der Waals surface area contributed by atoms with Crippen molar-refractivity contribution in [2.75, 3.05) is 0 Å². The maximum atomic E-state index is 5.50. The van der Waals surface area contributed by atoms with Gasteiger partial charge in [0, 0.05) is 16.6 Å². The largest absolute Gasteiger partial charge is 0.444 e. The number of rotatable bonds is 3. The molecule has 0 unspecified atom stereocenters. The van der Waals surface area contributed by atoms with Crippen LogP contribution in [0.1, 0.15) is 26.5 Å². The summed E-state index contributed by atoms with van der Waals surface area (Å²) in [4.78, 5) is 5.49. The number of aromatic nitrogens is 1. The molecule has 0 aromatic carbocycles. The van der Waals surface area contributed by atoms with E-state index in [2.05, 4.69) is 62.9 Å². The summed E-state index contributed by atoms with van der Waals surface area (Å²) in [6.45, 7) is 7.09. The lowest BCUT2D eigenvalue weighted by Crippen LogP contribution is -2.35. The Balaban J connectivity index is 2.11. The molecule has 98 valence electrons. The maximum absolute atomic E-state index is 5.50. The Bertz CT molecular complexity index is 523. The Kier molecular flexibility index (Phi) is 4.31. The molecule has 0 atom stereocenters. The number of halogens is 2. The van der Waals surface area contributed by atoms with Gasteiger partial charge in [-0.05, 0) is 58.7 Å². The summed E-state index contributed by atoms with van der Waals surface area (Å²) in [5.41, 5.74) is 0.995. The molecule has 2 aromatic rings. The number of hydrogen-bond donors (Lipinski definition) is 1. The molecule has 0 aliphatic heterocycles. The lowest BCUT2D eigenvalue weighted by molar-refractivity contribution is 0.421. The van der Waals surface area contributed by atoms with Crippen molar-refractivity contribution in [2.45, 2.75) is 32.9 Å². The number of oxazole rings is 1. The Morgan fingerprint density at radius 2 is 2.11 bits per heavy atom. The molecule has 0 spiro atoms. The molecule has 0 saturated heterocycles. The van der Waals surface area contributed by atoms with Crippen molar-refractivity contribution in [3.8, 4) is 10.8 Å². The molecule has 0 saturated carbocycles. The molecule has 3 nitrogen and oxygen atoms in total. The normalized spacial score (nSPS) is 12.1. The average Bonchev–Trinajstić information content (AvgIpc) is 2.83. The fourth-order valence-electron chi connectivity index (χ4n) is 1.31. The first-order valence-electron chi connectivity index (χ1n) is 5.50. The minimum Gasteiger partial charge on any atom is -0.444 e. The maximum Gasteiger partial charge on any atom is 0.236 e. The van der Waals surface area contributed by atoms with Crippen LogP contribution in [0.15, 0.2) is 25.0 Å². The highest BCUT2D eigenvalue weighted by Crippen LogP contribution is 2.37. The summed E-state index contributed by atoms with van der Waals surface area (Å²) in [7, 11) is 0. The van der Waals surface area contributed by atoms with E-state index in [1.807, 2.05) is 6.07 Å².